The number of imide groups is 1. The van der Waals surface area contributed by atoms with Crippen LogP contribution in [0, 0.1) is 0 Å². The molecule has 0 aliphatic carbocycles. The van der Waals surface area contributed by atoms with Crippen molar-refractivity contribution in [3.8, 4) is 17.2 Å². The third-order valence-corrected chi connectivity index (χ3v) is 5.72. The number of benzene rings is 2. The first kappa shape index (κ1) is 24.1. The zero-order valence-corrected chi connectivity index (χ0v) is 19.2. The molecule has 8 heteroatoms. The van der Waals surface area contributed by atoms with Gasteiger partial charge < -0.3 is 24.6 Å². The van der Waals surface area contributed by atoms with Crippen LogP contribution in [0.1, 0.15) is 24.5 Å². The molecule has 3 amide bonds. The Morgan fingerprint density at radius 2 is 1.85 bits per heavy atom. The molecular formula is C25H30N2O6. The Hall–Kier alpha value is -3.52. The molecule has 1 fully saturated rings. The van der Waals surface area contributed by atoms with Crippen LogP contribution < -0.4 is 19.5 Å². The molecule has 1 heterocycles. The third kappa shape index (κ3) is 4.96. The highest BCUT2D eigenvalue weighted by molar-refractivity contribution is 6.07. The summed E-state index contributed by atoms with van der Waals surface area (Å²) < 4.78 is 16.2. The van der Waals surface area contributed by atoms with Crippen molar-refractivity contribution in [1.82, 2.24) is 10.2 Å². The Morgan fingerprint density at radius 3 is 2.45 bits per heavy atom. The maximum atomic E-state index is 13.3. The van der Waals surface area contributed by atoms with Gasteiger partial charge in [0.25, 0.3) is 5.91 Å². The Balaban J connectivity index is 1.68. The fourth-order valence-electron chi connectivity index (χ4n) is 3.88. The van der Waals surface area contributed by atoms with Crippen molar-refractivity contribution in [3.05, 3.63) is 66.2 Å². The Kier molecular flexibility index (Phi) is 7.60. The molecule has 2 N–H and O–H groups in total. The quantitative estimate of drug-likeness (QED) is 0.400. The van der Waals surface area contributed by atoms with E-state index in [2.05, 4.69) is 11.9 Å². The van der Waals surface area contributed by atoms with E-state index >= 15 is 0 Å². The van der Waals surface area contributed by atoms with Crippen molar-refractivity contribution in [2.24, 2.45) is 0 Å². The summed E-state index contributed by atoms with van der Waals surface area (Å²) in [6.45, 7) is 5.24. The molecule has 0 unspecified atom stereocenters. The average molecular weight is 455 g/mol. The SMILES string of the molecule is C=CCc1ccc(OC[C@@H](O)CN2C(=O)N[C@@](CC)(c3ccc(OC)cc3)C2=O)c(OC)c1. The fraction of sp³-hybridized carbons (Fsp3) is 0.360. The summed E-state index contributed by atoms with van der Waals surface area (Å²) >= 11 is 0. The van der Waals surface area contributed by atoms with Gasteiger partial charge in [-0.1, -0.05) is 31.2 Å². The number of β-amino-alcohol motifs (C(OH)–C–C–N with tert-alkyl or cyclic N) is 1. The number of aliphatic hydroxyl groups is 1. The van der Waals surface area contributed by atoms with Gasteiger partial charge in [-0.15, -0.1) is 6.58 Å². The highest BCUT2D eigenvalue weighted by Crippen LogP contribution is 2.34. The van der Waals surface area contributed by atoms with Crippen molar-refractivity contribution in [3.63, 3.8) is 0 Å². The van der Waals surface area contributed by atoms with Crippen LogP contribution in [0.15, 0.2) is 55.1 Å². The largest absolute Gasteiger partial charge is 0.497 e. The van der Waals surface area contributed by atoms with Crippen molar-refractivity contribution in [2.75, 3.05) is 27.4 Å². The predicted molar refractivity (Wildman–Crippen MR) is 124 cm³/mol. The Morgan fingerprint density at radius 1 is 1.12 bits per heavy atom. The van der Waals surface area contributed by atoms with Crippen LogP contribution in [0.25, 0.3) is 0 Å². The lowest BCUT2D eigenvalue weighted by Gasteiger charge is -2.26. The van der Waals surface area contributed by atoms with Crippen LogP contribution >= 0.6 is 0 Å². The molecule has 8 nitrogen and oxygen atoms in total. The number of hydrogen-bond acceptors (Lipinski definition) is 6. The summed E-state index contributed by atoms with van der Waals surface area (Å²) in [5.74, 6) is 1.23. The number of allylic oxidation sites excluding steroid dienone is 1. The monoisotopic (exact) mass is 454 g/mol. The van der Waals surface area contributed by atoms with Gasteiger partial charge in [0.2, 0.25) is 0 Å². The summed E-state index contributed by atoms with van der Waals surface area (Å²) in [6.07, 6.45) is 1.76. The zero-order chi connectivity index (χ0) is 24.0. The van der Waals surface area contributed by atoms with Crippen LogP contribution in [0.5, 0.6) is 17.2 Å². The average Bonchev–Trinajstić information content (AvgIpc) is 3.08. The summed E-state index contributed by atoms with van der Waals surface area (Å²) in [4.78, 5) is 27.0. The Bertz CT molecular complexity index is 1010. The molecule has 2 atom stereocenters. The molecule has 0 bridgehead atoms. The molecule has 0 saturated carbocycles. The number of hydrogen-bond donors (Lipinski definition) is 2. The van der Waals surface area contributed by atoms with E-state index in [-0.39, 0.29) is 13.2 Å². The van der Waals surface area contributed by atoms with Gasteiger partial charge in [-0.3, -0.25) is 9.69 Å². The number of carbonyl (C=O) groups excluding carboxylic acids is 2. The first-order valence-corrected chi connectivity index (χ1v) is 10.8. The number of rotatable bonds is 11. The second-order valence-electron chi connectivity index (χ2n) is 7.78. The molecule has 1 aliphatic heterocycles. The molecule has 2 aromatic rings. The minimum atomic E-state index is -1.19. The molecule has 1 saturated heterocycles. The predicted octanol–water partition coefficient (Wildman–Crippen LogP) is 3.03. The number of nitrogens with zero attached hydrogens (tertiary/aromatic N) is 1. The van der Waals surface area contributed by atoms with Gasteiger partial charge in [0.1, 0.15) is 24.0 Å². The second-order valence-corrected chi connectivity index (χ2v) is 7.78. The van der Waals surface area contributed by atoms with Gasteiger partial charge in [-0.05, 0) is 48.2 Å². The smallest absolute Gasteiger partial charge is 0.325 e. The number of ether oxygens (including phenoxy) is 3. The normalized spacial score (nSPS) is 18.6. The molecule has 2 aromatic carbocycles. The molecule has 1 aliphatic rings. The lowest BCUT2D eigenvalue weighted by molar-refractivity contribution is -0.133. The molecule has 176 valence electrons. The minimum absolute atomic E-state index is 0.115. The lowest BCUT2D eigenvalue weighted by atomic mass is 9.87. The number of aliphatic hydroxyl groups excluding tert-OH is 1. The van der Waals surface area contributed by atoms with Crippen molar-refractivity contribution >= 4 is 11.9 Å². The van der Waals surface area contributed by atoms with Gasteiger partial charge in [0, 0.05) is 0 Å². The van der Waals surface area contributed by atoms with Crippen molar-refractivity contribution in [2.45, 2.75) is 31.4 Å². The summed E-state index contributed by atoms with van der Waals surface area (Å²) in [6, 6.07) is 11.9. The number of carbonyl (C=O) groups is 2. The van der Waals surface area contributed by atoms with Crippen LogP contribution in [0.3, 0.4) is 0 Å². The van der Waals surface area contributed by atoms with Crippen molar-refractivity contribution < 1.29 is 28.9 Å². The summed E-state index contributed by atoms with van der Waals surface area (Å²) in [5, 5.41) is 13.3. The van der Waals surface area contributed by atoms with Crippen molar-refractivity contribution in [1.29, 1.82) is 0 Å². The molecule has 0 aromatic heterocycles. The van der Waals surface area contributed by atoms with E-state index in [1.165, 1.54) is 7.11 Å². The molecule has 3 rings (SSSR count). The summed E-state index contributed by atoms with van der Waals surface area (Å²) in [7, 11) is 3.09. The van der Waals surface area contributed by atoms with Gasteiger partial charge >= 0.3 is 6.03 Å². The second kappa shape index (κ2) is 10.4. The number of methoxy groups -OCH3 is 2. The number of nitrogens with one attached hydrogen (secondary N) is 1. The van der Waals surface area contributed by atoms with Gasteiger partial charge in [0.15, 0.2) is 11.5 Å². The molecule has 0 radical (unpaired) electrons. The standard InChI is InChI=1S/C25H30N2O6/c1-5-7-17-8-13-21(22(14-17)32-4)33-16-19(28)15-27-23(29)25(6-2,26-24(27)30)18-9-11-20(31-3)12-10-18/h5,8-14,19,28H,1,6-7,15-16H2,2-4H3,(H,26,30)/t19-,25-/m0/s1. The number of urea groups is 1. The van der Waals surface area contributed by atoms with E-state index in [1.807, 2.05) is 19.1 Å². The van der Waals surface area contributed by atoms with E-state index in [1.54, 1.807) is 43.5 Å². The van der Waals surface area contributed by atoms with Gasteiger partial charge in [-0.25, -0.2) is 4.79 Å². The maximum absolute atomic E-state index is 13.3. The summed E-state index contributed by atoms with van der Waals surface area (Å²) in [5.41, 5.74) is 0.485. The highest BCUT2D eigenvalue weighted by Gasteiger charge is 2.51. The fourth-order valence-corrected chi connectivity index (χ4v) is 3.88. The van der Waals surface area contributed by atoms with E-state index in [9.17, 15) is 14.7 Å². The highest BCUT2D eigenvalue weighted by atomic mass is 16.5. The van der Waals surface area contributed by atoms with E-state index < -0.39 is 23.6 Å². The topological polar surface area (TPSA) is 97.3 Å². The van der Waals surface area contributed by atoms with E-state index in [0.717, 1.165) is 10.5 Å². The Labute approximate surface area is 193 Å². The van der Waals surface area contributed by atoms with Crippen LogP contribution in [-0.4, -0.2) is 55.4 Å². The first-order valence-electron chi connectivity index (χ1n) is 10.8. The van der Waals surface area contributed by atoms with Gasteiger partial charge in [-0.2, -0.15) is 0 Å². The van der Waals surface area contributed by atoms with E-state index in [4.69, 9.17) is 14.2 Å². The molecule has 0 spiro atoms. The minimum Gasteiger partial charge on any atom is -0.497 e. The van der Waals surface area contributed by atoms with Crippen LogP contribution in [-0.2, 0) is 16.8 Å². The maximum Gasteiger partial charge on any atom is 0.325 e. The zero-order valence-electron chi connectivity index (χ0n) is 19.2. The van der Waals surface area contributed by atoms with Crippen LogP contribution in [0.2, 0.25) is 0 Å². The van der Waals surface area contributed by atoms with Crippen LogP contribution in [0.4, 0.5) is 4.79 Å². The van der Waals surface area contributed by atoms with Gasteiger partial charge in [0.05, 0.1) is 20.8 Å². The lowest BCUT2D eigenvalue weighted by Crippen LogP contribution is -2.44. The van der Waals surface area contributed by atoms with E-state index in [0.29, 0.717) is 35.7 Å². The first-order chi connectivity index (χ1) is 15.9. The third-order valence-electron chi connectivity index (χ3n) is 5.72. The molecule has 33 heavy (non-hydrogen) atoms. The molecular weight excluding hydrogens is 424 g/mol. The number of amides is 3.